The minimum atomic E-state index is -3.47. The van der Waals surface area contributed by atoms with Crippen LogP contribution in [0, 0.1) is 0 Å². The molecule has 1 fully saturated rings. The van der Waals surface area contributed by atoms with Crippen molar-refractivity contribution in [2.45, 2.75) is 51.6 Å². The van der Waals surface area contributed by atoms with Crippen molar-refractivity contribution in [2.75, 3.05) is 20.4 Å². The lowest BCUT2D eigenvalue weighted by Gasteiger charge is -2.34. The van der Waals surface area contributed by atoms with Gasteiger partial charge in [0.25, 0.3) is 10.2 Å². The van der Waals surface area contributed by atoms with E-state index < -0.39 is 10.2 Å². The summed E-state index contributed by atoms with van der Waals surface area (Å²) < 4.78 is 39.8. The highest BCUT2D eigenvalue weighted by Crippen LogP contribution is 2.33. The number of hydrogen-bond donors (Lipinski definition) is 0. The molecule has 0 saturated heterocycles. The zero-order valence-electron chi connectivity index (χ0n) is 14.4. The van der Waals surface area contributed by atoms with Gasteiger partial charge in [-0.05, 0) is 30.5 Å². The van der Waals surface area contributed by atoms with E-state index in [9.17, 15) is 8.42 Å². The molecule has 6 nitrogen and oxygen atoms in total. The lowest BCUT2D eigenvalue weighted by atomic mass is 9.96. The summed E-state index contributed by atoms with van der Waals surface area (Å²) >= 11 is 0. The second-order valence-corrected chi connectivity index (χ2v) is 8.42. The van der Waals surface area contributed by atoms with Crippen molar-refractivity contribution >= 4 is 10.2 Å². The van der Waals surface area contributed by atoms with Crippen molar-refractivity contribution in [3.05, 3.63) is 23.8 Å². The van der Waals surface area contributed by atoms with Gasteiger partial charge in [-0.15, -0.1) is 0 Å². The molecule has 1 aromatic carbocycles. The Labute approximate surface area is 144 Å². The number of nitrogens with zero attached hydrogens (tertiary/aromatic N) is 2. The van der Waals surface area contributed by atoms with Crippen LogP contribution >= 0.6 is 0 Å². The fraction of sp³-hybridized carbons (Fsp3) is 0.647. The van der Waals surface area contributed by atoms with E-state index in [0.717, 1.165) is 31.2 Å². The third-order valence-corrected chi connectivity index (χ3v) is 6.99. The van der Waals surface area contributed by atoms with Crippen LogP contribution in [0.4, 0.5) is 0 Å². The van der Waals surface area contributed by atoms with Gasteiger partial charge in [0.1, 0.15) is 0 Å². The Balaban J connectivity index is 1.74. The van der Waals surface area contributed by atoms with Crippen molar-refractivity contribution in [3.8, 4) is 11.5 Å². The molecule has 2 aliphatic rings. The van der Waals surface area contributed by atoms with Crippen LogP contribution < -0.4 is 9.47 Å². The summed E-state index contributed by atoms with van der Waals surface area (Å²) in [4.78, 5) is 0. The SMILES string of the molecule is CCN(Cc1ccc2c(c1)OCO2)S(=O)(=O)N(C)C1CCCCC1. The molecule has 0 spiro atoms. The number of benzene rings is 1. The largest absolute Gasteiger partial charge is 0.454 e. The highest BCUT2D eigenvalue weighted by molar-refractivity contribution is 7.86. The molecule has 7 heteroatoms. The van der Waals surface area contributed by atoms with Gasteiger partial charge in [0.15, 0.2) is 11.5 Å². The van der Waals surface area contributed by atoms with E-state index >= 15 is 0 Å². The highest BCUT2D eigenvalue weighted by atomic mass is 32.2. The standard InChI is InChI=1S/C17H26N2O4S/c1-3-19(12-14-9-10-16-17(11-14)23-13-22-16)24(20,21)18(2)15-7-5-4-6-8-15/h9-11,15H,3-8,12-13H2,1-2H3. The van der Waals surface area contributed by atoms with Gasteiger partial charge in [-0.25, -0.2) is 0 Å². The van der Waals surface area contributed by atoms with Crippen LogP contribution in [0.1, 0.15) is 44.6 Å². The van der Waals surface area contributed by atoms with Gasteiger partial charge in [-0.2, -0.15) is 17.0 Å². The second kappa shape index (κ2) is 7.29. The molecule has 3 rings (SSSR count). The molecule has 1 heterocycles. The Kier molecular flexibility index (Phi) is 5.32. The van der Waals surface area contributed by atoms with Crippen molar-refractivity contribution in [1.29, 1.82) is 0 Å². The molecule has 0 bridgehead atoms. The Hall–Kier alpha value is -1.31. The fourth-order valence-electron chi connectivity index (χ4n) is 3.41. The molecule has 0 radical (unpaired) electrons. The van der Waals surface area contributed by atoms with Gasteiger partial charge in [-0.1, -0.05) is 32.3 Å². The predicted molar refractivity (Wildman–Crippen MR) is 92.2 cm³/mol. The average molecular weight is 354 g/mol. The van der Waals surface area contributed by atoms with Gasteiger partial charge in [0, 0.05) is 26.2 Å². The highest BCUT2D eigenvalue weighted by Gasteiger charge is 2.32. The maximum atomic E-state index is 13.0. The summed E-state index contributed by atoms with van der Waals surface area (Å²) in [5.74, 6) is 1.39. The molecule has 1 saturated carbocycles. The Bertz CT molecular complexity index is 671. The first-order chi connectivity index (χ1) is 11.5. The van der Waals surface area contributed by atoms with Crippen molar-refractivity contribution < 1.29 is 17.9 Å². The van der Waals surface area contributed by atoms with E-state index in [2.05, 4.69) is 0 Å². The van der Waals surface area contributed by atoms with Gasteiger partial charge in [0.2, 0.25) is 6.79 Å². The topological polar surface area (TPSA) is 59.1 Å². The van der Waals surface area contributed by atoms with E-state index in [1.165, 1.54) is 10.7 Å². The summed E-state index contributed by atoms with van der Waals surface area (Å²) in [6, 6.07) is 5.71. The molecular formula is C17H26N2O4S. The third-order valence-electron chi connectivity index (χ3n) is 4.93. The van der Waals surface area contributed by atoms with E-state index in [1.807, 2.05) is 25.1 Å². The molecule has 0 aromatic heterocycles. The van der Waals surface area contributed by atoms with Crippen LogP contribution in [0.15, 0.2) is 18.2 Å². The summed E-state index contributed by atoms with van der Waals surface area (Å²) in [7, 11) is -1.75. The van der Waals surface area contributed by atoms with Crippen LogP contribution in [0.2, 0.25) is 0 Å². The molecule has 134 valence electrons. The molecule has 0 atom stereocenters. The van der Waals surface area contributed by atoms with Crippen LogP contribution in [-0.4, -0.2) is 43.5 Å². The van der Waals surface area contributed by atoms with E-state index in [4.69, 9.17) is 9.47 Å². The number of hydrogen-bond acceptors (Lipinski definition) is 4. The lowest BCUT2D eigenvalue weighted by Crippen LogP contribution is -2.46. The molecule has 1 aliphatic carbocycles. The predicted octanol–water partition coefficient (Wildman–Crippen LogP) is 2.75. The fourth-order valence-corrected chi connectivity index (χ4v) is 5.00. The van der Waals surface area contributed by atoms with Crippen molar-refractivity contribution in [3.63, 3.8) is 0 Å². The zero-order chi connectivity index (χ0) is 17.2. The summed E-state index contributed by atoms with van der Waals surface area (Å²) in [6.45, 7) is 2.87. The van der Waals surface area contributed by atoms with Gasteiger partial charge >= 0.3 is 0 Å². The maximum Gasteiger partial charge on any atom is 0.282 e. The number of rotatable bonds is 6. The second-order valence-electron chi connectivity index (χ2n) is 6.43. The molecule has 1 aliphatic heterocycles. The average Bonchev–Trinajstić information content (AvgIpc) is 3.07. The minimum Gasteiger partial charge on any atom is -0.454 e. The van der Waals surface area contributed by atoms with Gasteiger partial charge < -0.3 is 9.47 Å². The zero-order valence-corrected chi connectivity index (χ0v) is 15.2. The Morgan fingerprint density at radius 1 is 1.12 bits per heavy atom. The van der Waals surface area contributed by atoms with E-state index in [1.54, 1.807) is 11.4 Å². The first-order valence-corrected chi connectivity index (χ1v) is 10.0. The van der Waals surface area contributed by atoms with Crippen LogP contribution in [-0.2, 0) is 16.8 Å². The molecule has 0 N–H and O–H groups in total. The van der Waals surface area contributed by atoms with Crippen molar-refractivity contribution in [1.82, 2.24) is 8.61 Å². The Morgan fingerprint density at radius 2 is 1.83 bits per heavy atom. The molecule has 0 unspecified atom stereocenters. The van der Waals surface area contributed by atoms with Gasteiger partial charge in [-0.3, -0.25) is 0 Å². The van der Waals surface area contributed by atoms with Crippen molar-refractivity contribution in [2.24, 2.45) is 0 Å². The summed E-state index contributed by atoms with van der Waals surface area (Å²) in [6.07, 6.45) is 5.34. The molecule has 0 amide bonds. The summed E-state index contributed by atoms with van der Waals surface area (Å²) in [5.41, 5.74) is 0.904. The Morgan fingerprint density at radius 3 is 2.54 bits per heavy atom. The normalized spacial score (nSPS) is 18.5. The van der Waals surface area contributed by atoms with Crippen LogP contribution in [0.25, 0.3) is 0 Å². The first kappa shape index (κ1) is 17.5. The maximum absolute atomic E-state index is 13.0. The van der Waals surface area contributed by atoms with Gasteiger partial charge in [0.05, 0.1) is 0 Å². The number of fused-ring (bicyclic) bond motifs is 1. The number of ether oxygens (including phenoxy) is 2. The van der Waals surface area contributed by atoms with Crippen LogP contribution in [0.5, 0.6) is 11.5 Å². The summed E-state index contributed by atoms with van der Waals surface area (Å²) in [5, 5.41) is 0. The molecular weight excluding hydrogens is 328 g/mol. The first-order valence-electron chi connectivity index (χ1n) is 8.64. The quantitative estimate of drug-likeness (QED) is 0.788. The van der Waals surface area contributed by atoms with E-state index in [-0.39, 0.29) is 12.8 Å². The van der Waals surface area contributed by atoms with Crippen LogP contribution in [0.3, 0.4) is 0 Å². The smallest absolute Gasteiger partial charge is 0.282 e. The minimum absolute atomic E-state index is 0.120. The molecule has 24 heavy (non-hydrogen) atoms. The monoisotopic (exact) mass is 354 g/mol. The van der Waals surface area contributed by atoms with E-state index in [0.29, 0.717) is 24.6 Å². The third kappa shape index (κ3) is 3.53. The molecule has 1 aromatic rings. The lowest BCUT2D eigenvalue weighted by molar-refractivity contribution is 0.174.